The number of hydrogen-bond acceptors (Lipinski definition) is 3. The van der Waals surface area contributed by atoms with Gasteiger partial charge in [-0.1, -0.05) is 30.7 Å². The van der Waals surface area contributed by atoms with Crippen molar-refractivity contribution in [2.45, 2.75) is 19.8 Å². The molecule has 5 nitrogen and oxygen atoms in total. The van der Waals surface area contributed by atoms with Gasteiger partial charge in [-0.3, -0.25) is 4.72 Å². The molecule has 1 aliphatic heterocycles. The number of nitrogens with one attached hydrogen (secondary N) is 1. The first-order valence-electron chi connectivity index (χ1n) is 6.67. The maximum atomic E-state index is 12.4. The fourth-order valence-electron chi connectivity index (χ4n) is 2.24. The summed E-state index contributed by atoms with van der Waals surface area (Å²) in [6.07, 6.45) is 1.72. The predicted octanol–water partition coefficient (Wildman–Crippen LogP) is 2.36. The summed E-state index contributed by atoms with van der Waals surface area (Å²) in [6, 6.07) is 4.75. The van der Waals surface area contributed by atoms with E-state index in [9.17, 15) is 8.42 Å². The number of thiocarbonyl (C=S) groups is 1. The van der Waals surface area contributed by atoms with E-state index in [1.54, 1.807) is 12.1 Å². The summed E-state index contributed by atoms with van der Waals surface area (Å²) in [4.78, 5) is 0.122. The maximum absolute atomic E-state index is 12.4. The zero-order chi connectivity index (χ0) is 15.6. The van der Waals surface area contributed by atoms with Crippen molar-refractivity contribution < 1.29 is 8.42 Å². The molecule has 0 amide bonds. The highest BCUT2D eigenvalue weighted by atomic mass is 35.5. The Morgan fingerprint density at radius 3 is 2.62 bits per heavy atom. The Labute approximate surface area is 135 Å². The highest BCUT2D eigenvalue weighted by Gasteiger charge is 2.27. The third kappa shape index (κ3) is 4.06. The fraction of sp³-hybridized carbons (Fsp3) is 0.462. The van der Waals surface area contributed by atoms with Crippen LogP contribution in [-0.2, 0) is 10.2 Å². The minimum Gasteiger partial charge on any atom is -0.389 e. The first kappa shape index (κ1) is 16.5. The largest absolute Gasteiger partial charge is 0.389 e. The average molecular weight is 348 g/mol. The lowest BCUT2D eigenvalue weighted by Crippen LogP contribution is -2.41. The van der Waals surface area contributed by atoms with Crippen LogP contribution in [0.15, 0.2) is 18.2 Å². The second-order valence-electron chi connectivity index (χ2n) is 5.24. The van der Waals surface area contributed by atoms with Gasteiger partial charge in [-0.2, -0.15) is 12.7 Å². The molecule has 0 radical (unpaired) electrons. The van der Waals surface area contributed by atoms with Crippen LogP contribution in [0.1, 0.15) is 25.3 Å². The monoisotopic (exact) mass is 347 g/mol. The molecule has 116 valence electrons. The van der Waals surface area contributed by atoms with E-state index in [1.165, 1.54) is 10.4 Å². The zero-order valence-electron chi connectivity index (χ0n) is 11.7. The van der Waals surface area contributed by atoms with Crippen LogP contribution in [0, 0.1) is 5.92 Å². The Balaban J connectivity index is 2.24. The number of rotatable bonds is 4. The lowest BCUT2D eigenvalue weighted by molar-refractivity contribution is 0.289. The number of hydrogen-bond donors (Lipinski definition) is 2. The highest BCUT2D eigenvalue weighted by molar-refractivity contribution is 7.90. The molecule has 0 spiro atoms. The van der Waals surface area contributed by atoms with E-state index in [0.717, 1.165) is 12.8 Å². The molecule has 2 rings (SSSR count). The molecule has 0 aliphatic carbocycles. The molecule has 1 aromatic carbocycles. The van der Waals surface area contributed by atoms with E-state index in [-0.39, 0.29) is 4.99 Å². The number of halogens is 1. The topological polar surface area (TPSA) is 75.4 Å². The second-order valence-corrected chi connectivity index (χ2v) is 7.79. The van der Waals surface area contributed by atoms with Gasteiger partial charge in [-0.25, -0.2) is 0 Å². The van der Waals surface area contributed by atoms with Gasteiger partial charge in [0.15, 0.2) is 0 Å². The molecule has 8 heteroatoms. The first-order valence-corrected chi connectivity index (χ1v) is 8.89. The van der Waals surface area contributed by atoms with Gasteiger partial charge in [-0.15, -0.1) is 0 Å². The predicted molar refractivity (Wildman–Crippen MR) is 89.9 cm³/mol. The van der Waals surface area contributed by atoms with Crippen LogP contribution in [0.25, 0.3) is 0 Å². The standard InChI is InChI=1S/C13H18ClN3O2S2/c1-9-4-6-17(7-5-9)21(18,19)16-12-8-10(14)2-3-11(12)13(15)20/h2-3,8-9,16H,4-7H2,1H3,(H2,15,20). The van der Waals surface area contributed by atoms with Crippen molar-refractivity contribution in [1.82, 2.24) is 4.31 Å². The van der Waals surface area contributed by atoms with E-state index >= 15 is 0 Å². The summed E-state index contributed by atoms with van der Waals surface area (Å²) in [5, 5.41) is 0.417. The van der Waals surface area contributed by atoms with Gasteiger partial charge in [0, 0.05) is 23.7 Å². The average Bonchev–Trinajstić information content (AvgIpc) is 2.38. The van der Waals surface area contributed by atoms with Crippen molar-refractivity contribution in [3.63, 3.8) is 0 Å². The van der Waals surface area contributed by atoms with Crippen LogP contribution in [0.5, 0.6) is 0 Å². The van der Waals surface area contributed by atoms with Crippen LogP contribution in [-0.4, -0.2) is 30.8 Å². The van der Waals surface area contributed by atoms with Gasteiger partial charge in [0.2, 0.25) is 0 Å². The van der Waals surface area contributed by atoms with E-state index in [1.807, 2.05) is 0 Å². The van der Waals surface area contributed by atoms with Gasteiger partial charge in [0.05, 0.1) is 5.69 Å². The molecule has 0 saturated carbocycles. The van der Waals surface area contributed by atoms with Gasteiger partial charge in [-0.05, 0) is 37.0 Å². The minimum absolute atomic E-state index is 0.122. The summed E-state index contributed by atoms with van der Waals surface area (Å²) < 4.78 is 28.9. The summed E-state index contributed by atoms with van der Waals surface area (Å²) in [6.45, 7) is 3.15. The normalized spacial score (nSPS) is 17.6. The number of anilines is 1. The number of benzene rings is 1. The smallest absolute Gasteiger partial charge is 0.301 e. The van der Waals surface area contributed by atoms with E-state index in [0.29, 0.717) is 35.3 Å². The van der Waals surface area contributed by atoms with Crippen molar-refractivity contribution >= 4 is 44.7 Å². The summed E-state index contributed by atoms with van der Waals surface area (Å²) in [5.41, 5.74) is 6.40. The Morgan fingerprint density at radius 1 is 1.43 bits per heavy atom. The third-order valence-electron chi connectivity index (χ3n) is 3.57. The van der Waals surface area contributed by atoms with Crippen molar-refractivity contribution in [3.8, 4) is 0 Å². The fourth-order valence-corrected chi connectivity index (χ4v) is 3.86. The zero-order valence-corrected chi connectivity index (χ0v) is 14.1. The van der Waals surface area contributed by atoms with Crippen LogP contribution < -0.4 is 10.5 Å². The molecule has 0 aromatic heterocycles. The number of nitrogens with two attached hydrogens (primary N) is 1. The lowest BCUT2D eigenvalue weighted by atomic mass is 10.0. The minimum atomic E-state index is -3.62. The Kier molecular flexibility index (Phi) is 5.08. The van der Waals surface area contributed by atoms with Crippen molar-refractivity contribution in [2.75, 3.05) is 17.8 Å². The molecule has 0 bridgehead atoms. The molecule has 21 heavy (non-hydrogen) atoms. The van der Waals surface area contributed by atoms with Crippen LogP contribution in [0.3, 0.4) is 0 Å². The van der Waals surface area contributed by atoms with Crippen LogP contribution >= 0.6 is 23.8 Å². The van der Waals surface area contributed by atoms with E-state index in [2.05, 4.69) is 11.6 Å². The van der Waals surface area contributed by atoms with Crippen molar-refractivity contribution in [2.24, 2.45) is 11.7 Å². The van der Waals surface area contributed by atoms with Gasteiger partial charge >= 0.3 is 10.2 Å². The summed E-state index contributed by atoms with van der Waals surface area (Å²) >= 11 is 10.9. The highest BCUT2D eigenvalue weighted by Crippen LogP contribution is 2.25. The second kappa shape index (κ2) is 6.48. The maximum Gasteiger partial charge on any atom is 0.301 e. The van der Waals surface area contributed by atoms with E-state index < -0.39 is 10.2 Å². The molecule has 1 heterocycles. The first-order chi connectivity index (χ1) is 9.79. The van der Waals surface area contributed by atoms with Crippen molar-refractivity contribution in [3.05, 3.63) is 28.8 Å². The quantitative estimate of drug-likeness (QED) is 0.820. The SMILES string of the molecule is CC1CCN(S(=O)(=O)Nc2cc(Cl)ccc2C(N)=S)CC1. The number of nitrogens with zero attached hydrogens (tertiary/aromatic N) is 1. The summed E-state index contributed by atoms with van der Waals surface area (Å²) in [7, 11) is -3.62. The molecular weight excluding hydrogens is 330 g/mol. The Hall–Kier alpha value is -0.890. The summed E-state index contributed by atoms with van der Waals surface area (Å²) in [5.74, 6) is 0.551. The molecular formula is C13H18ClN3O2S2. The van der Waals surface area contributed by atoms with Crippen molar-refractivity contribution in [1.29, 1.82) is 0 Å². The lowest BCUT2D eigenvalue weighted by Gasteiger charge is -2.29. The Morgan fingerprint density at radius 2 is 2.05 bits per heavy atom. The van der Waals surface area contributed by atoms with E-state index in [4.69, 9.17) is 29.6 Å². The van der Waals surface area contributed by atoms with Gasteiger partial charge < -0.3 is 5.73 Å². The van der Waals surface area contributed by atoms with Gasteiger partial charge in [0.25, 0.3) is 0 Å². The third-order valence-corrected chi connectivity index (χ3v) is 5.55. The molecule has 1 fully saturated rings. The number of piperidine rings is 1. The molecule has 0 unspecified atom stereocenters. The van der Waals surface area contributed by atoms with Crippen LogP contribution in [0.4, 0.5) is 5.69 Å². The molecule has 3 N–H and O–H groups in total. The Bertz CT molecular complexity index is 641. The molecule has 0 atom stereocenters. The van der Waals surface area contributed by atoms with Crippen LogP contribution in [0.2, 0.25) is 5.02 Å². The molecule has 1 saturated heterocycles. The van der Waals surface area contributed by atoms with Gasteiger partial charge in [0.1, 0.15) is 4.99 Å². The molecule has 1 aliphatic rings. The molecule has 1 aromatic rings.